The molecule has 0 spiro atoms. The summed E-state index contributed by atoms with van der Waals surface area (Å²) in [5.41, 5.74) is 5.56. The number of aromatic nitrogens is 2. The SMILES string of the molecule is COC(=O)c1ncn(-c2cc(C(F)(F)F)ccc2C)c1N. The first kappa shape index (κ1) is 14.9. The van der Waals surface area contributed by atoms with Crippen LogP contribution in [0, 0.1) is 6.92 Å². The Hall–Kier alpha value is -2.51. The predicted octanol–water partition coefficient (Wildman–Crippen LogP) is 2.57. The van der Waals surface area contributed by atoms with Crippen LogP contribution in [0.4, 0.5) is 19.0 Å². The molecule has 0 saturated carbocycles. The number of methoxy groups -OCH3 is 1. The number of rotatable bonds is 2. The first-order valence-corrected chi connectivity index (χ1v) is 5.85. The molecule has 0 saturated heterocycles. The zero-order chi connectivity index (χ0) is 15.8. The molecule has 2 N–H and O–H groups in total. The lowest BCUT2D eigenvalue weighted by atomic mass is 10.1. The molecule has 2 aromatic rings. The second-order valence-electron chi connectivity index (χ2n) is 4.34. The predicted molar refractivity (Wildman–Crippen MR) is 69.1 cm³/mol. The fourth-order valence-corrected chi connectivity index (χ4v) is 1.85. The number of carbonyl (C=O) groups excluding carboxylic acids is 1. The van der Waals surface area contributed by atoms with Gasteiger partial charge in [-0.1, -0.05) is 6.07 Å². The van der Waals surface area contributed by atoms with Gasteiger partial charge in [-0.3, -0.25) is 4.57 Å². The number of hydrogen-bond acceptors (Lipinski definition) is 4. The summed E-state index contributed by atoms with van der Waals surface area (Å²) in [6.45, 7) is 1.63. The lowest BCUT2D eigenvalue weighted by Crippen LogP contribution is -2.10. The van der Waals surface area contributed by atoms with E-state index in [9.17, 15) is 18.0 Å². The number of esters is 1. The number of alkyl halides is 3. The van der Waals surface area contributed by atoms with Crippen molar-refractivity contribution < 1.29 is 22.7 Å². The summed E-state index contributed by atoms with van der Waals surface area (Å²) in [6, 6.07) is 3.26. The number of halogens is 3. The van der Waals surface area contributed by atoms with Gasteiger partial charge in [0.25, 0.3) is 0 Å². The molecule has 1 aromatic heterocycles. The molecule has 0 amide bonds. The number of nitrogens with two attached hydrogens (primary N) is 1. The van der Waals surface area contributed by atoms with Crippen molar-refractivity contribution in [1.82, 2.24) is 9.55 Å². The highest BCUT2D eigenvalue weighted by Gasteiger charge is 2.31. The van der Waals surface area contributed by atoms with Crippen molar-refractivity contribution in [3.8, 4) is 5.69 Å². The molecule has 0 atom stereocenters. The lowest BCUT2D eigenvalue weighted by molar-refractivity contribution is -0.137. The number of ether oxygens (including phenoxy) is 1. The third-order valence-electron chi connectivity index (χ3n) is 2.98. The quantitative estimate of drug-likeness (QED) is 0.865. The molecule has 0 unspecified atom stereocenters. The monoisotopic (exact) mass is 299 g/mol. The third-order valence-corrected chi connectivity index (χ3v) is 2.98. The van der Waals surface area contributed by atoms with Crippen molar-refractivity contribution in [2.75, 3.05) is 12.8 Å². The molecule has 0 aliphatic heterocycles. The summed E-state index contributed by atoms with van der Waals surface area (Å²) in [4.78, 5) is 15.2. The molecule has 1 aromatic carbocycles. The van der Waals surface area contributed by atoms with Crippen LogP contribution in [0.25, 0.3) is 5.69 Å². The van der Waals surface area contributed by atoms with Crippen molar-refractivity contribution in [2.24, 2.45) is 0 Å². The minimum Gasteiger partial charge on any atom is -0.464 e. The molecule has 0 radical (unpaired) electrons. The van der Waals surface area contributed by atoms with Crippen LogP contribution < -0.4 is 5.73 Å². The maximum Gasteiger partial charge on any atom is 0.416 e. The van der Waals surface area contributed by atoms with E-state index in [1.54, 1.807) is 6.92 Å². The van der Waals surface area contributed by atoms with E-state index in [1.807, 2.05) is 0 Å². The highest BCUT2D eigenvalue weighted by molar-refractivity contribution is 5.92. The van der Waals surface area contributed by atoms with Gasteiger partial charge in [0.2, 0.25) is 0 Å². The summed E-state index contributed by atoms with van der Waals surface area (Å²) in [7, 11) is 1.16. The number of anilines is 1. The molecule has 112 valence electrons. The standard InChI is InChI=1S/C13H12F3N3O2/c1-7-3-4-8(13(14,15)16)5-9(7)19-6-18-10(11(19)17)12(20)21-2/h3-6H,17H2,1-2H3. The fourth-order valence-electron chi connectivity index (χ4n) is 1.85. The Morgan fingerprint density at radius 3 is 2.62 bits per heavy atom. The normalized spacial score (nSPS) is 11.5. The first-order valence-electron chi connectivity index (χ1n) is 5.85. The number of nitrogen functional groups attached to an aromatic ring is 1. The van der Waals surface area contributed by atoms with Gasteiger partial charge in [0.05, 0.1) is 18.4 Å². The van der Waals surface area contributed by atoms with E-state index in [0.29, 0.717) is 5.56 Å². The van der Waals surface area contributed by atoms with Crippen LogP contribution in [0.3, 0.4) is 0 Å². The van der Waals surface area contributed by atoms with E-state index in [0.717, 1.165) is 19.2 Å². The molecular weight excluding hydrogens is 287 g/mol. The average molecular weight is 299 g/mol. The van der Waals surface area contributed by atoms with E-state index >= 15 is 0 Å². The Kier molecular flexibility index (Phi) is 3.63. The van der Waals surface area contributed by atoms with E-state index in [-0.39, 0.29) is 17.2 Å². The smallest absolute Gasteiger partial charge is 0.416 e. The van der Waals surface area contributed by atoms with E-state index in [4.69, 9.17) is 5.73 Å². The number of benzene rings is 1. The van der Waals surface area contributed by atoms with Gasteiger partial charge in [0.15, 0.2) is 5.69 Å². The Morgan fingerprint density at radius 2 is 2.05 bits per heavy atom. The molecule has 5 nitrogen and oxygen atoms in total. The summed E-state index contributed by atoms with van der Waals surface area (Å²) < 4.78 is 44.0. The second-order valence-corrected chi connectivity index (χ2v) is 4.34. The molecule has 8 heteroatoms. The summed E-state index contributed by atoms with van der Waals surface area (Å²) in [5, 5.41) is 0. The van der Waals surface area contributed by atoms with Crippen molar-refractivity contribution >= 4 is 11.8 Å². The lowest BCUT2D eigenvalue weighted by Gasteiger charge is -2.13. The highest BCUT2D eigenvalue weighted by atomic mass is 19.4. The first-order chi connectivity index (χ1) is 9.75. The molecule has 1 heterocycles. The van der Waals surface area contributed by atoms with Crippen LogP contribution in [-0.4, -0.2) is 22.6 Å². The molecule has 21 heavy (non-hydrogen) atoms. The summed E-state index contributed by atoms with van der Waals surface area (Å²) in [6.07, 6.45) is -3.28. The van der Waals surface area contributed by atoms with Gasteiger partial charge >= 0.3 is 12.1 Å². The van der Waals surface area contributed by atoms with E-state index in [2.05, 4.69) is 9.72 Å². The molecule has 0 aliphatic carbocycles. The Bertz CT molecular complexity index is 692. The Balaban J connectivity index is 2.57. The molecule has 2 rings (SSSR count). The number of aryl methyl sites for hydroxylation is 1. The largest absolute Gasteiger partial charge is 0.464 e. The number of imidazole rings is 1. The van der Waals surface area contributed by atoms with Gasteiger partial charge in [-0.2, -0.15) is 13.2 Å². The van der Waals surface area contributed by atoms with Crippen molar-refractivity contribution in [1.29, 1.82) is 0 Å². The molecule has 0 bridgehead atoms. The van der Waals surface area contributed by atoms with Crippen LogP contribution in [0.15, 0.2) is 24.5 Å². The highest BCUT2D eigenvalue weighted by Crippen LogP contribution is 2.32. The minimum atomic E-state index is -4.47. The van der Waals surface area contributed by atoms with Gasteiger partial charge in [-0.05, 0) is 24.6 Å². The summed E-state index contributed by atoms with van der Waals surface area (Å²) >= 11 is 0. The number of nitrogens with zero attached hydrogens (tertiary/aromatic N) is 2. The minimum absolute atomic E-state index is 0.0794. The summed E-state index contributed by atoms with van der Waals surface area (Å²) in [5.74, 6) is -0.833. The molecule has 0 aliphatic rings. The fraction of sp³-hybridized carbons (Fsp3) is 0.231. The van der Waals surface area contributed by atoms with Crippen LogP contribution >= 0.6 is 0 Å². The maximum atomic E-state index is 12.8. The van der Waals surface area contributed by atoms with Crippen LogP contribution in [0.1, 0.15) is 21.6 Å². The molecule has 0 fully saturated rings. The zero-order valence-corrected chi connectivity index (χ0v) is 11.2. The van der Waals surface area contributed by atoms with E-state index in [1.165, 1.54) is 17.0 Å². The van der Waals surface area contributed by atoms with Gasteiger partial charge in [-0.15, -0.1) is 0 Å². The van der Waals surface area contributed by atoms with Crippen molar-refractivity contribution in [3.63, 3.8) is 0 Å². The van der Waals surface area contributed by atoms with Crippen molar-refractivity contribution in [3.05, 3.63) is 41.3 Å². The van der Waals surface area contributed by atoms with Crippen LogP contribution in [-0.2, 0) is 10.9 Å². The van der Waals surface area contributed by atoms with Crippen LogP contribution in [0.2, 0.25) is 0 Å². The van der Waals surface area contributed by atoms with Gasteiger partial charge in [-0.25, -0.2) is 9.78 Å². The third kappa shape index (κ3) is 2.69. The van der Waals surface area contributed by atoms with Gasteiger partial charge in [0, 0.05) is 0 Å². The second kappa shape index (κ2) is 5.12. The number of hydrogen-bond donors (Lipinski definition) is 1. The Labute approximate surface area is 118 Å². The average Bonchev–Trinajstić information content (AvgIpc) is 2.79. The zero-order valence-electron chi connectivity index (χ0n) is 11.2. The van der Waals surface area contributed by atoms with Gasteiger partial charge in [0.1, 0.15) is 12.1 Å². The molecular formula is C13H12F3N3O2. The maximum absolute atomic E-state index is 12.8. The van der Waals surface area contributed by atoms with Crippen LogP contribution in [0.5, 0.6) is 0 Å². The Morgan fingerprint density at radius 1 is 1.38 bits per heavy atom. The van der Waals surface area contributed by atoms with Crippen molar-refractivity contribution in [2.45, 2.75) is 13.1 Å². The van der Waals surface area contributed by atoms with E-state index < -0.39 is 17.7 Å². The number of carbonyl (C=O) groups is 1. The topological polar surface area (TPSA) is 70.1 Å². The van der Waals surface area contributed by atoms with Gasteiger partial charge < -0.3 is 10.5 Å².